The van der Waals surface area contributed by atoms with E-state index in [1.54, 1.807) is 0 Å². The second-order valence-electron chi connectivity index (χ2n) is 2.98. The molecule has 1 aliphatic rings. The largest absolute Gasteiger partial charge is 0.314 e. The Labute approximate surface area is 63.6 Å². The molecule has 0 aromatic rings. The summed E-state index contributed by atoms with van der Waals surface area (Å²) in [7, 11) is 0. The second kappa shape index (κ2) is 4.13. The highest BCUT2D eigenvalue weighted by Crippen LogP contribution is 2.13. The van der Waals surface area contributed by atoms with Gasteiger partial charge in [0.1, 0.15) is 0 Å². The van der Waals surface area contributed by atoms with Crippen molar-refractivity contribution in [2.24, 2.45) is 5.92 Å². The van der Waals surface area contributed by atoms with Crippen molar-refractivity contribution in [1.29, 1.82) is 0 Å². The zero-order chi connectivity index (χ0) is 5.98. The minimum atomic E-state index is 0. The van der Waals surface area contributed by atoms with Crippen LogP contribution in [0.15, 0.2) is 0 Å². The predicted molar refractivity (Wildman–Crippen MR) is 43.1 cm³/mol. The smallest absolute Gasteiger partial charge is 0.00412 e. The zero-order valence-electron chi connectivity index (χ0n) is 6.18. The molecule has 0 aliphatic carbocycles. The van der Waals surface area contributed by atoms with E-state index in [1.807, 2.05) is 0 Å². The van der Waals surface area contributed by atoms with Crippen LogP contribution in [0.4, 0.5) is 0 Å². The molecule has 0 aromatic carbocycles. The number of piperidine rings is 1. The molecule has 1 saturated heterocycles. The van der Waals surface area contributed by atoms with Crippen LogP contribution >= 0.6 is 12.4 Å². The van der Waals surface area contributed by atoms with E-state index in [2.05, 4.69) is 19.2 Å². The molecule has 9 heavy (non-hydrogen) atoms. The minimum absolute atomic E-state index is 0. The van der Waals surface area contributed by atoms with Crippen LogP contribution in [0.25, 0.3) is 0 Å². The Bertz CT molecular complexity index is 67.3. The van der Waals surface area contributed by atoms with Gasteiger partial charge in [0, 0.05) is 6.04 Å². The molecule has 1 aliphatic heterocycles. The number of rotatable bonds is 0. The second-order valence-corrected chi connectivity index (χ2v) is 2.98. The van der Waals surface area contributed by atoms with Crippen LogP contribution in [0.5, 0.6) is 0 Å². The third kappa shape index (κ3) is 3.07. The molecule has 0 bridgehead atoms. The Morgan fingerprint density at radius 2 is 2.00 bits per heavy atom. The SMILES string of the molecule is CC1CCN[C@@H](C)C1.Cl. The summed E-state index contributed by atoms with van der Waals surface area (Å²) in [5.41, 5.74) is 0. The van der Waals surface area contributed by atoms with E-state index in [0.717, 1.165) is 12.0 Å². The van der Waals surface area contributed by atoms with Gasteiger partial charge < -0.3 is 5.32 Å². The lowest BCUT2D eigenvalue weighted by molar-refractivity contribution is 0.336. The Balaban J connectivity index is 0.000000640. The molecular formula is C7H16ClN. The summed E-state index contributed by atoms with van der Waals surface area (Å²) in [6.07, 6.45) is 2.73. The molecule has 1 unspecified atom stereocenters. The highest BCUT2D eigenvalue weighted by Gasteiger charge is 2.12. The summed E-state index contributed by atoms with van der Waals surface area (Å²) in [5.74, 6) is 0.950. The molecule has 1 rings (SSSR count). The lowest BCUT2D eigenvalue weighted by atomic mass is 9.96. The van der Waals surface area contributed by atoms with Gasteiger partial charge in [-0.05, 0) is 32.2 Å². The fourth-order valence-electron chi connectivity index (χ4n) is 1.38. The van der Waals surface area contributed by atoms with Gasteiger partial charge in [0.2, 0.25) is 0 Å². The van der Waals surface area contributed by atoms with E-state index in [0.29, 0.717) is 0 Å². The van der Waals surface area contributed by atoms with Crippen LogP contribution in [-0.2, 0) is 0 Å². The van der Waals surface area contributed by atoms with Crippen molar-refractivity contribution in [3.63, 3.8) is 0 Å². The van der Waals surface area contributed by atoms with E-state index in [4.69, 9.17) is 0 Å². The van der Waals surface area contributed by atoms with Gasteiger partial charge >= 0.3 is 0 Å². The van der Waals surface area contributed by atoms with Crippen LogP contribution in [0.3, 0.4) is 0 Å². The van der Waals surface area contributed by atoms with Gasteiger partial charge in [-0.15, -0.1) is 12.4 Å². The maximum absolute atomic E-state index is 3.41. The molecule has 56 valence electrons. The first-order valence-electron chi connectivity index (χ1n) is 3.52. The summed E-state index contributed by atoms with van der Waals surface area (Å²) in [6, 6.07) is 0.763. The standard InChI is InChI=1S/C7H15N.ClH/c1-6-3-4-8-7(2)5-6;/h6-8H,3-5H2,1-2H3;1H/t6?,7-;/m0./s1. The van der Waals surface area contributed by atoms with E-state index in [1.165, 1.54) is 19.4 Å². The third-order valence-electron chi connectivity index (χ3n) is 1.89. The average molecular weight is 150 g/mol. The molecule has 2 atom stereocenters. The summed E-state index contributed by atoms with van der Waals surface area (Å²) in [4.78, 5) is 0. The van der Waals surface area contributed by atoms with Crippen molar-refractivity contribution >= 4 is 12.4 Å². The van der Waals surface area contributed by atoms with Gasteiger partial charge in [-0.2, -0.15) is 0 Å². The highest BCUT2D eigenvalue weighted by molar-refractivity contribution is 5.85. The lowest BCUT2D eigenvalue weighted by Gasteiger charge is -2.24. The number of hydrogen-bond acceptors (Lipinski definition) is 1. The Morgan fingerprint density at radius 1 is 1.33 bits per heavy atom. The van der Waals surface area contributed by atoms with Gasteiger partial charge in [0.15, 0.2) is 0 Å². The van der Waals surface area contributed by atoms with Crippen molar-refractivity contribution in [3.05, 3.63) is 0 Å². The maximum atomic E-state index is 3.41. The van der Waals surface area contributed by atoms with Crippen molar-refractivity contribution in [2.75, 3.05) is 6.54 Å². The average Bonchev–Trinajstić information content (AvgIpc) is 1.64. The molecule has 1 fully saturated rings. The van der Waals surface area contributed by atoms with Gasteiger partial charge in [-0.25, -0.2) is 0 Å². The van der Waals surface area contributed by atoms with Crippen molar-refractivity contribution in [1.82, 2.24) is 5.32 Å². The van der Waals surface area contributed by atoms with Gasteiger partial charge in [-0.1, -0.05) is 6.92 Å². The molecule has 0 saturated carbocycles. The topological polar surface area (TPSA) is 12.0 Å². The van der Waals surface area contributed by atoms with E-state index < -0.39 is 0 Å². The first kappa shape index (κ1) is 9.25. The van der Waals surface area contributed by atoms with Crippen molar-refractivity contribution < 1.29 is 0 Å². The fourth-order valence-corrected chi connectivity index (χ4v) is 1.38. The molecule has 0 spiro atoms. The Morgan fingerprint density at radius 3 is 2.33 bits per heavy atom. The lowest BCUT2D eigenvalue weighted by Crippen LogP contribution is -2.34. The van der Waals surface area contributed by atoms with Crippen molar-refractivity contribution in [3.8, 4) is 0 Å². The first-order chi connectivity index (χ1) is 3.79. The van der Waals surface area contributed by atoms with Crippen LogP contribution < -0.4 is 5.32 Å². The third-order valence-corrected chi connectivity index (χ3v) is 1.89. The summed E-state index contributed by atoms with van der Waals surface area (Å²) in [5, 5.41) is 3.41. The summed E-state index contributed by atoms with van der Waals surface area (Å²) < 4.78 is 0. The van der Waals surface area contributed by atoms with Crippen LogP contribution in [0.1, 0.15) is 26.7 Å². The van der Waals surface area contributed by atoms with E-state index in [-0.39, 0.29) is 12.4 Å². The fraction of sp³-hybridized carbons (Fsp3) is 1.00. The zero-order valence-corrected chi connectivity index (χ0v) is 7.00. The van der Waals surface area contributed by atoms with Crippen molar-refractivity contribution in [2.45, 2.75) is 32.7 Å². The molecule has 1 N–H and O–H groups in total. The first-order valence-corrected chi connectivity index (χ1v) is 3.52. The van der Waals surface area contributed by atoms with Crippen LogP contribution in [-0.4, -0.2) is 12.6 Å². The Kier molecular flexibility index (Phi) is 4.24. The molecule has 2 heteroatoms. The molecule has 0 radical (unpaired) electrons. The molecule has 0 aromatic heterocycles. The monoisotopic (exact) mass is 149 g/mol. The molecular weight excluding hydrogens is 134 g/mol. The maximum Gasteiger partial charge on any atom is 0.00412 e. The predicted octanol–water partition coefficient (Wildman–Crippen LogP) is 1.82. The highest BCUT2D eigenvalue weighted by atomic mass is 35.5. The van der Waals surface area contributed by atoms with Gasteiger partial charge in [-0.3, -0.25) is 0 Å². The van der Waals surface area contributed by atoms with Crippen LogP contribution in [0.2, 0.25) is 0 Å². The molecule has 1 heterocycles. The van der Waals surface area contributed by atoms with Gasteiger partial charge in [0.25, 0.3) is 0 Å². The number of hydrogen-bond donors (Lipinski definition) is 1. The van der Waals surface area contributed by atoms with Gasteiger partial charge in [0.05, 0.1) is 0 Å². The minimum Gasteiger partial charge on any atom is -0.314 e. The summed E-state index contributed by atoms with van der Waals surface area (Å²) >= 11 is 0. The summed E-state index contributed by atoms with van der Waals surface area (Å²) in [6.45, 7) is 5.81. The van der Waals surface area contributed by atoms with E-state index >= 15 is 0 Å². The normalized spacial score (nSPS) is 35.3. The molecule has 0 amide bonds. The quantitative estimate of drug-likeness (QED) is 0.554. The van der Waals surface area contributed by atoms with E-state index in [9.17, 15) is 0 Å². The molecule has 1 nitrogen and oxygen atoms in total. The Hall–Kier alpha value is 0.250. The van der Waals surface area contributed by atoms with Crippen LogP contribution in [0, 0.1) is 5.92 Å². The number of nitrogens with one attached hydrogen (secondary N) is 1. The number of halogens is 1.